The molecule has 0 bridgehead atoms. The molecule has 1 atom stereocenters. The van der Waals surface area contributed by atoms with E-state index in [0.29, 0.717) is 28.8 Å². The van der Waals surface area contributed by atoms with Crippen LogP contribution in [-0.2, 0) is 11.2 Å². The molecule has 0 fully saturated rings. The Bertz CT molecular complexity index is 801. The van der Waals surface area contributed by atoms with Crippen LogP contribution in [0, 0.1) is 12.8 Å². The average molecular weight is 388 g/mol. The average Bonchev–Trinajstić information content (AvgIpc) is 2.67. The summed E-state index contributed by atoms with van der Waals surface area (Å²) >= 11 is 1.40. The van der Waals surface area contributed by atoms with E-state index in [1.165, 1.54) is 11.8 Å². The van der Waals surface area contributed by atoms with Crippen molar-refractivity contribution in [3.63, 3.8) is 0 Å². The number of aromatic amines is 1. The number of thioether (sulfide) groups is 1. The number of carbonyl (C=O) groups excluding carboxylic acids is 1. The number of aromatic nitrogens is 2. The molecule has 2 rings (SSSR count). The first-order valence-electron chi connectivity index (χ1n) is 9.48. The van der Waals surface area contributed by atoms with Crippen LogP contribution in [0.3, 0.4) is 0 Å². The molecule has 0 aliphatic carbocycles. The largest absolute Gasteiger partial charge is 0.349 e. The lowest BCUT2D eigenvalue weighted by Crippen LogP contribution is -2.33. The summed E-state index contributed by atoms with van der Waals surface area (Å²) in [5.41, 5.74) is 2.25. The summed E-state index contributed by atoms with van der Waals surface area (Å²) in [5.74, 6) is 0.340. The lowest BCUT2D eigenvalue weighted by molar-refractivity contribution is -0.122. The van der Waals surface area contributed by atoms with E-state index in [9.17, 15) is 9.59 Å². The Morgan fingerprint density at radius 2 is 1.89 bits per heavy atom. The molecule has 27 heavy (non-hydrogen) atoms. The number of rotatable bonds is 9. The lowest BCUT2D eigenvalue weighted by atomic mass is 9.88. The van der Waals surface area contributed by atoms with E-state index in [0.717, 1.165) is 18.4 Å². The van der Waals surface area contributed by atoms with Crippen LogP contribution in [0.25, 0.3) is 0 Å². The summed E-state index contributed by atoms with van der Waals surface area (Å²) in [4.78, 5) is 32.0. The third kappa shape index (κ3) is 5.70. The van der Waals surface area contributed by atoms with Gasteiger partial charge in [0.05, 0.1) is 6.04 Å². The van der Waals surface area contributed by atoms with Crippen molar-refractivity contribution in [2.75, 3.05) is 6.26 Å². The minimum Gasteiger partial charge on any atom is -0.349 e. The zero-order valence-electron chi connectivity index (χ0n) is 16.5. The molecular weight excluding hydrogens is 358 g/mol. The molecule has 1 amide bonds. The Morgan fingerprint density at radius 3 is 2.44 bits per heavy atom. The summed E-state index contributed by atoms with van der Waals surface area (Å²) in [7, 11) is 0. The van der Waals surface area contributed by atoms with Gasteiger partial charge >= 0.3 is 0 Å². The van der Waals surface area contributed by atoms with Crippen molar-refractivity contribution in [3.8, 4) is 0 Å². The summed E-state index contributed by atoms with van der Waals surface area (Å²) in [6.07, 6.45) is 4.52. The van der Waals surface area contributed by atoms with Crippen molar-refractivity contribution in [1.82, 2.24) is 15.3 Å². The Kier molecular flexibility index (Phi) is 8.10. The van der Waals surface area contributed by atoms with E-state index in [-0.39, 0.29) is 23.9 Å². The fraction of sp³-hybridized carbons (Fsp3) is 0.476. The molecule has 0 saturated carbocycles. The van der Waals surface area contributed by atoms with Crippen LogP contribution in [0.1, 0.15) is 56.0 Å². The first-order chi connectivity index (χ1) is 13.0. The van der Waals surface area contributed by atoms with E-state index in [1.807, 2.05) is 31.4 Å². The quantitative estimate of drug-likeness (QED) is 0.503. The molecule has 0 saturated heterocycles. The number of hydrogen-bond donors (Lipinski definition) is 2. The Balaban J connectivity index is 2.09. The number of hydrogen-bond acceptors (Lipinski definition) is 4. The Labute approximate surface area is 165 Å². The van der Waals surface area contributed by atoms with Crippen molar-refractivity contribution in [1.29, 1.82) is 0 Å². The maximum atomic E-state index is 12.6. The maximum Gasteiger partial charge on any atom is 0.254 e. The molecule has 0 aliphatic heterocycles. The van der Waals surface area contributed by atoms with E-state index in [4.69, 9.17) is 0 Å². The van der Waals surface area contributed by atoms with Gasteiger partial charge in [0.25, 0.3) is 5.56 Å². The van der Waals surface area contributed by atoms with Gasteiger partial charge in [0.15, 0.2) is 5.16 Å². The summed E-state index contributed by atoms with van der Waals surface area (Å²) in [6.45, 7) is 6.12. The minimum absolute atomic E-state index is 0.00919. The first kappa shape index (κ1) is 21.2. The SMILES string of the molecule is CCC(CC)C(NC(=O)CCc1c(C)nc(SC)[nH]c1=O)c1ccccc1. The van der Waals surface area contributed by atoms with Crippen LogP contribution in [0.5, 0.6) is 0 Å². The zero-order valence-corrected chi connectivity index (χ0v) is 17.4. The van der Waals surface area contributed by atoms with Crippen LogP contribution in [0.4, 0.5) is 0 Å². The monoisotopic (exact) mass is 387 g/mol. The van der Waals surface area contributed by atoms with Gasteiger partial charge in [-0.2, -0.15) is 0 Å². The zero-order chi connectivity index (χ0) is 19.8. The molecule has 1 unspecified atom stereocenters. The summed E-state index contributed by atoms with van der Waals surface area (Å²) < 4.78 is 0. The number of benzene rings is 1. The second kappa shape index (κ2) is 10.3. The smallest absolute Gasteiger partial charge is 0.254 e. The van der Waals surface area contributed by atoms with E-state index < -0.39 is 0 Å². The van der Waals surface area contributed by atoms with Crippen LogP contribution in [0.15, 0.2) is 40.3 Å². The molecule has 5 nitrogen and oxygen atoms in total. The predicted molar refractivity (Wildman–Crippen MR) is 111 cm³/mol. The summed E-state index contributed by atoms with van der Waals surface area (Å²) in [5, 5.41) is 3.79. The van der Waals surface area contributed by atoms with Crippen molar-refractivity contribution >= 4 is 17.7 Å². The number of carbonyl (C=O) groups is 1. The number of nitrogens with one attached hydrogen (secondary N) is 2. The van der Waals surface area contributed by atoms with Crippen molar-refractivity contribution < 1.29 is 4.79 Å². The third-order valence-electron chi connectivity index (χ3n) is 4.99. The van der Waals surface area contributed by atoms with Gasteiger partial charge in [0.2, 0.25) is 5.91 Å². The Morgan fingerprint density at radius 1 is 1.22 bits per heavy atom. The van der Waals surface area contributed by atoms with Gasteiger partial charge < -0.3 is 10.3 Å². The normalized spacial score (nSPS) is 12.2. The fourth-order valence-corrected chi connectivity index (χ4v) is 3.78. The highest BCUT2D eigenvalue weighted by Crippen LogP contribution is 2.27. The van der Waals surface area contributed by atoms with E-state index in [1.54, 1.807) is 0 Å². The van der Waals surface area contributed by atoms with E-state index >= 15 is 0 Å². The molecule has 1 aromatic heterocycles. The highest BCUT2D eigenvalue weighted by Gasteiger charge is 2.22. The molecule has 2 N–H and O–H groups in total. The molecule has 146 valence electrons. The van der Waals surface area contributed by atoms with Gasteiger partial charge in [-0.15, -0.1) is 0 Å². The topological polar surface area (TPSA) is 74.8 Å². The van der Waals surface area contributed by atoms with Crippen LogP contribution in [-0.4, -0.2) is 22.1 Å². The van der Waals surface area contributed by atoms with E-state index in [2.05, 4.69) is 41.3 Å². The maximum absolute atomic E-state index is 12.6. The molecule has 2 aromatic rings. The Hall–Kier alpha value is -2.08. The van der Waals surface area contributed by atoms with Gasteiger partial charge in [-0.1, -0.05) is 68.8 Å². The molecular formula is C21H29N3O2S. The van der Waals surface area contributed by atoms with Crippen LogP contribution < -0.4 is 10.9 Å². The molecule has 0 aliphatic rings. The minimum atomic E-state index is -0.153. The second-order valence-electron chi connectivity index (χ2n) is 6.67. The van der Waals surface area contributed by atoms with Gasteiger partial charge in [-0.25, -0.2) is 4.98 Å². The van der Waals surface area contributed by atoms with Crippen LogP contribution in [0.2, 0.25) is 0 Å². The van der Waals surface area contributed by atoms with Gasteiger partial charge in [0.1, 0.15) is 0 Å². The standard InChI is InChI=1S/C21H29N3O2S/c1-5-15(6-2)19(16-10-8-7-9-11-16)23-18(25)13-12-17-14(3)22-21(27-4)24-20(17)26/h7-11,15,19H,5-6,12-13H2,1-4H3,(H,23,25)(H,22,24,26). The van der Waals surface area contributed by atoms with Gasteiger partial charge in [-0.05, 0) is 31.1 Å². The number of H-pyrrole nitrogens is 1. The van der Waals surface area contributed by atoms with Crippen LogP contribution >= 0.6 is 11.8 Å². The lowest BCUT2D eigenvalue weighted by Gasteiger charge is -2.27. The predicted octanol–water partition coefficient (Wildman–Crippen LogP) is 4.03. The highest BCUT2D eigenvalue weighted by molar-refractivity contribution is 7.98. The molecule has 0 spiro atoms. The second-order valence-corrected chi connectivity index (χ2v) is 7.47. The number of nitrogens with zero attached hydrogens (tertiary/aromatic N) is 1. The molecule has 1 heterocycles. The molecule has 1 aromatic carbocycles. The van der Waals surface area contributed by atoms with Gasteiger partial charge in [0, 0.05) is 17.7 Å². The number of aryl methyl sites for hydroxylation is 1. The van der Waals surface area contributed by atoms with Crippen molar-refractivity contribution in [2.24, 2.45) is 5.92 Å². The highest BCUT2D eigenvalue weighted by atomic mass is 32.2. The van der Waals surface area contributed by atoms with Gasteiger partial charge in [-0.3, -0.25) is 9.59 Å². The number of amides is 1. The summed E-state index contributed by atoms with van der Waals surface area (Å²) in [6, 6.07) is 10.1. The van der Waals surface area contributed by atoms with Crippen molar-refractivity contribution in [2.45, 2.75) is 57.7 Å². The molecule has 6 heteroatoms. The third-order valence-corrected chi connectivity index (χ3v) is 5.57. The fourth-order valence-electron chi connectivity index (χ4n) is 3.35. The van der Waals surface area contributed by atoms with Crippen molar-refractivity contribution in [3.05, 3.63) is 57.5 Å². The molecule has 0 radical (unpaired) electrons. The first-order valence-corrected chi connectivity index (χ1v) is 10.7.